The van der Waals surface area contributed by atoms with Crippen molar-refractivity contribution in [3.8, 4) is 0 Å². The zero-order valence-electron chi connectivity index (χ0n) is 10.8. The van der Waals surface area contributed by atoms with Crippen LogP contribution in [0.2, 0.25) is 0 Å². The second-order valence-electron chi connectivity index (χ2n) is 4.63. The van der Waals surface area contributed by atoms with Crippen molar-refractivity contribution in [3.05, 3.63) is 0 Å². The highest BCUT2D eigenvalue weighted by molar-refractivity contribution is 7.89. The van der Waals surface area contributed by atoms with Crippen molar-refractivity contribution in [2.75, 3.05) is 33.4 Å². The number of nitrogens with zero attached hydrogens (tertiary/aromatic N) is 1. The maximum atomic E-state index is 12.3. The number of rotatable bonds is 6. The van der Waals surface area contributed by atoms with Gasteiger partial charge in [-0.25, -0.2) is 12.7 Å². The molecule has 17 heavy (non-hydrogen) atoms. The van der Waals surface area contributed by atoms with E-state index in [-0.39, 0.29) is 6.54 Å². The van der Waals surface area contributed by atoms with Crippen LogP contribution >= 0.6 is 0 Å². The summed E-state index contributed by atoms with van der Waals surface area (Å²) < 4.78 is 31.3. The Morgan fingerprint density at radius 3 is 2.76 bits per heavy atom. The smallest absolute Gasteiger partial charge is 0.218 e. The van der Waals surface area contributed by atoms with Gasteiger partial charge in [0.1, 0.15) is 0 Å². The SMILES string of the molecule is CCC(CN)S(=O)(=O)N1CCCC(COC)C1. The van der Waals surface area contributed by atoms with Crippen molar-refractivity contribution < 1.29 is 13.2 Å². The molecule has 0 aromatic heterocycles. The van der Waals surface area contributed by atoms with Crippen molar-refractivity contribution >= 4 is 10.0 Å². The number of sulfonamides is 1. The van der Waals surface area contributed by atoms with Crippen LogP contribution < -0.4 is 5.73 Å². The highest BCUT2D eigenvalue weighted by Gasteiger charge is 2.33. The fraction of sp³-hybridized carbons (Fsp3) is 1.00. The largest absolute Gasteiger partial charge is 0.384 e. The summed E-state index contributed by atoms with van der Waals surface area (Å²) in [6, 6.07) is 0. The Hall–Kier alpha value is -0.170. The van der Waals surface area contributed by atoms with Gasteiger partial charge in [0.2, 0.25) is 10.0 Å². The number of nitrogens with two attached hydrogens (primary N) is 1. The van der Waals surface area contributed by atoms with E-state index in [0.29, 0.717) is 32.0 Å². The summed E-state index contributed by atoms with van der Waals surface area (Å²) in [5.74, 6) is 0.318. The molecule has 6 heteroatoms. The minimum atomic E-state index is -3.22. The molecule has 0 aromatic carbocycles. The van der Waals surface area contributed by atoms with Crippen LogP contribution in [0.25, 0.3) is 0 Å². The third-order valence-electron chi connectivity index (χ3n) is 3.38. The lowest BCUT2D eigenvalue weighted by Gasteiger charge is -2.33. The molecule has 0 radical (unpaired) electrons. The molecule has 0 amide bonds. The van der Waals surface area contributed by atoms with Gasteiger partial charge in [-0.15, -0.1) is 0 Å². The standard InChI is InChI=1S/C11H24N2O3S/c1-3-11(7-12)17(14,15)13-6-4-5-10(8-13)9-16-2/h10-11H,3-9,12H2,1-2H3. The molecule has 2 N–H and O–H groups in total. The number of piperidine rings is 1. The van der Waals surface area contributed by atoms with Crippen molar-refractivity contribution in [3.63, 3.8) is 0 Å². The maximum absolute atomic E-state index is 12.3. The Bertz CT molecular complexity index is 313. The van der Waals surface area contributed by atoms with E-state index >= 15 is 0 Å². The molecule has 0 spiro atoms. The summed E-state index contributed by atoms with van der Waals surface area (Å²) >= 11 is 0. The molecule has 2 atom stereocenters. The third kappa shape index (κ3) is 3.64. The van der Waals surface area contributed by atoms with Gasteiger partial charge >= 0.3 is 0 Å². The molecule has 5 nitrogen and oxygen atoms in total. The fourth-order valence-corrected chi connectivity index (χ4v) is 4.23. The van der Waals surface area contributed by atoms with E-state index in [1.54, 1.807) is 11.4 Å². The van der Waals surface area contributed by atoms with Gasteiger partial charge in [0, 0.05) is 26.7 Å². The summed E-state index contributed by atoms with van der Waals surface area (Å²) in [6.07, 6.45) is 2.53. The molecule has 2 unspecified atom stereocenters. The Balaban J connectivity index is 2.70. The molecular weight excluding hydrogens is 240 g/mol. The Morgan fingerprint density at radius 2 is 2.24 bits per heavy atom. The Labute approximate surface area is 104 Å². The van der Waals surface area contributed by atoms with Crippen LogP contribution in [-0.2, 0) is 14.8 Å². The Kier molecular flexibility index (Phi) is 5.85. The highest BCUT2D eigenvalue weighted by atomic mass is 32.2. The van der Waals surface area contributed by atoms with E-state index in [2.05, 4.69) is 0 Å². The fourth-order valence-electron chi connectivity index (χ4n) is 2.34. The van der Waals surface area contributed by atoms with Gasteiger partial charge in [-0.05, 0) is 25.2 Å². The molecule has 1 rings (SSSR count). The van der Waals surface area contributed by atoms with Crippen LogP contribution in [0.15, 0.2) is 0 Å². The summed E-state index contributed by atoms with van der Waals surface area (Å²) in [5.41, 5.74) is 5.54. The van der Waals surface area contributed by atoms with E-state index in [1.807, 2.05) is 6.92 Å². The average Bonchev–Trinajstić information content (AvgIpc) is 2.31. The van der Waals surface area contributed by atoms with E-state index < -0.39 is 15.3 Å². The van der Waals surface area contributed by atoms with Gasteiger partial charge in [0.15, 0.2) is 0 Å². The molecule has 0 aromatic rings. The van der Waals surface area contributed by atoms with Crippen molar-refractivity contribution in [1.29, 1.82) is 0 Å². The predicted octanol–water partition coefficient (Wildman–Crippen LogP) is 0.412. The molecule has 1 heterocycles. The first kappa shape index (κ1) is 14.9. The van der Waals surface area contributed by atoms with Crippen LogP contribution in [0.1, 0.15) is 26.2 Å². The average molecular weight is 264 g/mol. The molecule has 1 aliphatic rings. The number of ether oxygens (including phenoxy) is 1. The molecule has 102 valence electrons. The second kappa shape index (κ2) is 6.68. The van der Waals surface area contributed by atoms with E-state index in [1.165, 1.54) is 0 Å². The monoisotopic (exact) mass is 264 g/mol. The van der Waals surface area contributed by atoms with Crippen LogP contribution in [0.3, 0.4) is 0 Å². The molecule has 0 bridgehead atoms. The first-order valence-electron chi connectivity index (χ1n) is 6.24. The minimum absolute atomic E-state index is 0.199. The molecule has 1 saturated heterocycles. The van der Waals surface area contributed by atoms with Crippen molar-refractivity contribution in [1.82, 2.24) is 4.31 Å². The van der Waals surface area contributed by atoms with Gasteiger partial charge in [-0.2, -0.15) is 0 Å². The minimum Gasteiger partial charge on any atom is -0.384 e. The zero-order chi connectivity index (χ0) is 12.9. The topological polar surface area (TPSA) is 72.6 Å². The lowest BCUT2D eigenvalue weighted by atomic mass is 10.0. The molecule has 1 fully saturated rings. The van der Waals surface area contributed by atoms with E-state index in [4.69, 9.17) is 10.5 Å². The lowest BCUT2D eigenvalue weighted by Crippen LogP contribution is -2.47. The zero-order valence-corrected chi connectivity index (χ0v) is 11.6. The third-order valence-corrected chi connectivity index (χ3v) is 5.80. The quantitative estimate of drug-likeness (QED) is 0.754. The van der Waals surface area contributed by atoms with Crippen molar-refractivity contribution in [2.24, 2.45) is 11.7 Å². The van der Waals surface area contributed by atoms with Crippen LogP contribution in [0, 0.1) is 5.92 Å². The molecule has 0 aliphatic carbocycles. The van der Waals surface area contributed by atoms with Gasteiger partial charge < -0.3 is 10.5 Å². The van der Waals surface area contributed by atoms with Crippen LogP contribution in [-0.4, -0.2) is 51.3 Å². The van der Waals surface area contributed by atoms with E-state index in [0.717, 1.165) is 12.8 Å². The van der Waals surface area contributed by atoms with Crippen molar-refractivity contribution in [2.45, 2.75) is 31.4 Å². The number of hydrogen-bond donors (Lipinski definition) is 1. The molecule has 0 saturated carbocycles. The Morgan fingerprint density at radius 1 is 1.53 bits per heavy atom. The maximum Gasteiger partial charge on any atom is 0.218 e. The van der Waals surface area contributed by atoms with E-state index in [9.17, 15) is 8.42 Å². The first-order valence-corrected chi connectivity index (χ1v) is 7.74. The normalized spacial score (nSPS) is 24.8. The van der Waals surface area contributed by atoms with Crippen LogP contribution in [0.5, 0.6) is 0 Å². The molecular formula is C11H24N2O3S. The van der Waals surface area contributed by atoms with Gasteiger partial charge in [-0.3, -0.25) is 0 Å². The lowest BCUT2D eigenvalue weighted by molar-refractivity contribution is 0.118. The second-order valence-corrected chi connectivity index (χ2v) is 6.85. The summed E-state index contributed by atoms with van der Waals surface area (Å²) in [6.45, 7) is 3.90. The highest BCUT2D eigenvalue weighted by Crippen LogP contribution is 2.22. The number of methoxy groups -OCH3 is 1. The first-order chi connectivity index (χ1) is 8.06. The molecule has 1 aliphatic heterocycles. The summed E-state index contributed by atoms with van der Waals surface area (Å²) in [5, 5.41) is -0.441. The van der Waals surface area contributed by atoms with Gasteiger partial charge in [0.25, 0.3) is 0 Å². The summed E-state index contributed by atoms with van der Waals surface area (Å²) in [7, 11) is -1.57. The summed E-state index contributed by atoms with van der Waals surface area (Å²) in [4.78, 5) is 0. The predicted molar refractivity (Wildman–Crippen MR) is 68.2 cm³/mol. The number of hydrogen-bond acceptors (Lipinski definition) is 4. The van der Waals surface area contributed by atoms with Gasteiger partial charge in [-0.1, -0.05) is 6.92 Å². The van der Waals surface area contributed by atoms with Gasteiger partial charge in [0.05, 0.1) is 11.9 Å². The van der Waals surface area contributed by atoms with Crippen LogP contribution in [0.4, 0.5) is 0 Å².